The van der Waals surface area contributed by atoms with Gasteiger partial charge in [-0.25, -0.2) is 24.5 Å². The molecular formula is C68H97N11O18S2. The number of likely N-dealkylation sites (N-methyl/N-ethyl adjacent to an activating group) is 1. The Labute approximate surface area is 585 Å². The van der Waals surface area contributed by atoms with Gasteiger partial charge in [0.1, 0.15) is 47.3 Å². The van der Waals surface area contributed by atoms with Gasteiger partial charge in [0.2, 0.25) is 41.7 Å². The Morgan fingerprint density at radius 1 is 0.848 bits per heavy atom. The average Bonchev–Trinajstić information content (AvgIpc) is 1.63. The largest absolute Gasteiger partial charge is 0.479 e. The number of amides is 8. The monoisotopic (exact) mass is 1420 g/mol. The zero-order valence-corrected chi connectivity index (χ0v) is 59.6. The average molecular weight is 1420 g/mol. The fourth-order valence-corrected chi connectivity index (χ4v) is 12.8. The van der Waals surface area contributed by atoms with Gasteiger partial charge < -0.3 is 85.8 Å². The van der Waals surface area contributed by atoms with E-state index in [1.165, 1.54) is 86.7 Å². The van der Waals surface area contributed by atoms with Gasteiger partial charge in [-0.15, -0.1) is 11.3 Å². The SMILES string of the molecule is CC[C@H](C)[C@@H]([C@@H](CC(=O)N1CCC[C@H]1[C@H](OC)[C@@H](C)C(=O)N[C@@H](Cc1ccccc1)c1nccs1)OC)N(C)C(=O)[C@@H](NC(=O)C(C)(C)NC(=O)OCc1ccc(O[C@@H]2O[C@H](C(=O)O)[C@@H](O)[C@H](O)[C@H]2O)c(NC(=O)CCNC(=O)CCCCCNC(=O)c2cnc(SC)nc2)c1)C(C)C. The minimum atomic E-state index is -2.02. The van der Waals surface area contributed by atoms with Crippen LogP contribution in [0.15, 0.2) is 77.7 Å². The van der Waals surface area contributed by atoms with Crippen molar-refractivity contribution in [1.82, 2.24) is 51.3 Å². The Morgan fingerprint density at radius 2 is 1.57 bits per heavy atom. The normalized spacial score (nSPS) is 19.8. The van der Waals surface area contributed by atoms with Crippen LogP contribution < -0.4 is 36.6 Å². The molecule has 6 rings (SSSR count). The molecule has 4 heterocycles. The number of aliphatic hydroxyl groups is 3. The summed E-state index contributed by atoms with van der Waals surface area (Å²) in [5.41, 5.74) is -0.217. The highest BCUT2D eigenvalue weighted by atomic mass is 32.2. The molecule has 10 N–H and O–H groups in total. The van der Waals surface area contributed by atoms with Crippen LogP contribution in [0.2, 0.25) is 0 Å². The first kappa shape index (κ1) is 80.1. The molecule has 8 amide bonds. The van der Waals surface area contributed by atoms with Gasteiger partial charge in [0.15, 0.2) is 11.3 Å². The number of carbonyl (C=O) groups excluding carboxylic acids is 8. The van der Waals surface area contributed by atoms with Crippen LogP contribution in [0, 0.1) is 17.8 Å². The van der Waals surface area contributed by atoms with Crippen LogP contribution >= 0.6 is 23.1 Å². The molecule has 13 atom stereocenters. The molecule has 0 saturated carbocycles. The van der Waals surface area contributed by atoms with Gasteiger partial charge in [0.05, 0.1) is 53.9 Å². The number of aliphatic carboxylic acids is 1. The van der Waals surface area contributed by atoms with E-state index in [-0.39, 0.29) is 78.4 Å². The number of unbranched alkanes of at least 4 members (excludes halogenated alkanes) is 2. The second-order valence-corrected chi connectivity index (χ2v) is 27.3. The van der Waals surface area contributed by atoms with E-state index in [4.69, 9.17) is 23.7 Å². The molecule has 0 radical (unpaired) electrons. The lowest BCUT2D eigenvalue weighted by Crippen LogP contribution is -2.62. The number of carboxylic acid groups (broad SMARTS) is 1. The maximum Gasteiger partial charge on any atom is 0.408 e. The van der Waals surface area contributed by atoms with Crippen LogP contribution in [0.1, 0.15) is 139 Å². The third-order valence-electron chi connectivity index (χ3n) is 17.7. The second-order valence-electron chi connectivity index (χ2n) is 25.6. The predicted molar refractivity (Wildman–Crippen MR) is 366 cm³/mol. The molecule has 544 valence electrons. The smallest absolute Gasteiger partial charge is 0.408 e. The first-order chi connectivity index (χ1) is 47.1. The molecule has 0 aliphatic carbocycles. The molecule has 99 heavy (non-hydrogen) atoms. The van der Waals surface area contributed by atoms with Crippen molar-refractivity contribution in [1.29, 1.82) is 0 Å². The van der Waals surface area contributed by atoms with E-state index in [0.717, 1.165) is 10.6 Å². The number of rotatable bonds is 37. The zero-order chi connectivity index (χ0) is 72.7. The number of benzene rings is 2. The second kappa shape index (κ2) is 38.6. The molecule has 2 aliphatic rings. The van der Waals surface area contributed by atoms with E-state index >= 15 is 0 Å². The quantitative estimate of drug-likeness (QED) is 0.0168. The third-order valence-corrected chi connectivity index (χ3v) is 19.1. The maximum atomic E-state index is 14.8. The molecule has 2 aromatic heterocycles. The van der Waals surface area contributed by atoms with Crippen LogP contribution in [0.3, 0.4) is 0 Å². The van der Waals surface area contributed by atoms with Gasteiger partial charge in [0, 0.05) is 77.7 Å². The Balaban J connectivity index is 1.05. The maximum absolute atomic E-state index is 14.8. The molecule has 4 aromatic rings. The Bertz CT molecular complexity index is 3320. The van der Waals surface area contributed by atoms with Crippen LogP contribution in [-0.4, -0.2) is 212 Å². The summed E-state index contributed by atoms with van der Waals surface area (Å²) in [6, 6.07) is 11.2. The summed E-state index contributed by atoms with van der Waals surface area (Å²) in [4.78, 5) is 138. The van der Waals surface area contributed by atoms with E-state index in [1.54, 1.807) is 38.9 Å². The molecule has 2 aromatic carbocycles. The number of nitrogens with zero attached hydrogens (tertiary/aromatic N) is 5. The Morgan fingerprint density at radius 3 is 2.20 bits per heavy atom. The number of anilines is 1. The van der Waals surface area contributed by atoms with Crippen molar-refractivity contribution in [2.75, 3.05) is 52.5 Å². The first-order valence-corrected chi connectivity index (χ1v) is 35.3. The highest BCUT2D eigenvalue weighted by molar-refractivity contribution is 7.98. The number of alkyl carbamates (subject to hydrolysis) is 1. The van der Waals surface area contributed by atoms with Crippen molar-refractivity contribution < 1.29 is 87.3 Å². The molecule has 2 aliphatic heterocycles. The molecule has 0 spiro atoms. The van der Waals surface area contributed by atoms with Crippen LogP contribution in [0.4, 0.5) is 10.5 Å². The highest BCUT2D eigenvalue weighted by Crippen LogP contribution is 2.34. The van der Waals surface area contributed by atoms with Gasteiger partial charge in [-0.1, -0.05) is 95.6 Å². The van der Waals surface area contributed by atoms with Gasteiger partial charge in [-0.05, 0) is 87.3 Å². The molecular weight excluding hydrogens is 1320 g/mol. The van der Waals surface area contributed by atoms with Crippen LogP contribution in [0.25, 0.3) is 0 Å². The van der Waals surface area contributed by atoms with Crippen molar-refractivity contribution in [3.05, 3.63) is 94.2 Å². The summed E-state index contributed by atoms with van der Waals surface area (Å²) in [5, 5.41) is 61.0. The highest BCUT2D eigenvalue weighted by Gasteiger charge is 2.49. The number of methoxy groups -OCH3 is 2. The van der Waals surface area contributed by atoms with Gasteiger partial charge in [-0.3, -0.25) is 33.6 Å². The number of carbonyl (C=O) groups is 9. The van der Waals surface area contributed by atoms with Crippen molar-refractivity contribution in [3.8, 4) is 5.75 Å². The topological polar surface area (TPSA) is 398 Å². The van der Waals surface area contributed by atoms with E-state index < -0.39 is 115 Å². The summed E-state index contributed by atoms with van der Waals surface area (Å²) in [5.74, 6) is -6.24. The van der Waals surface area contributed by atoms with Gasteiger partial charge >= 0.3 is 12.1 Å². The van der Waals surface area contributed by atoms with Crippen LogP contribution in [0.5, 0.6) is 5.75 Å². The van der Waals surface area contributed by atoms with Crippen molar-refractivity contribution in [2.45, 2.75) is 197 Å². The number of hydrogen-bond acceptors (Lipinski definition) is 22. The first-order valence-electron chi connectivity index (χ1n) is 33.2. The van der Waals surface area contributed by atoms with E-state index in [2.05, 4.69) is 46.9 Å². The number of nitrogens with one attached hydrogen (secondary N) is 6. The number of aromatic nitrogens is 3. The number of carboxylic acids is 1. The predicted octanol–water partition coefficient (Wildman–Crippen LogP) is 4.53. The number of thioether (sulfide) groups is 1. The van der Waals surface area contributed by atoms with Crippen molar-refractivity contribution in [3.63, 3.8) is 0 Å². The molecule has 2 fully saturated rings. The van der Waals surface area contributed by atoms with Gasteiger partial charge in [-0.2, -0.15) is 0 Å². The summed E-state index contributed by atoms with van der Waals surface area (Å²) in [6.07, 6.45) is -2.13. The summed E-state index contributed by atoms with van der Waals surface area (Å²) in [6.45, 7) is 12.2. The zero-order valence-electron chi connectivity index (χ0n) is 58.0. The summed E-state index contributed by atoms with van der Waals surface area (Å²) in [7, 11) is 4.62. The van der Waals surface area contributed by atoms with Crippen LogP contribution in [-0.2, 0) is 65.5 Å². The van der Waals surface area contributed by atoms with Crippen molar-refractivity contribution >= 4 is 82.2 Å². The number of thiazole rings is 1. The molecule has 0 unspecified atom stereocenters. The standard InChI is InChI=1S/C68H97N11O18S2/c1-12-39(4)53(48(93-9)34-51(82)79-30-19-22-46(79)57(94-10)40(5)59(86)75-45(61-71-29-31-99-61)32-41-20-15-13-16-21-41)78(8)62(88)52(38(2)3)76-65(91)68(6,7)77-67(92)95-37-42-24-25-47(96-64-56(85)54(83)55(84)58(97-64)63(89)90)44(33-42)74-50(81)26-28-69-49(80)23-17-14-18-27-70-60(87)43-35-72-66(98-11)73-36-43/h13,15-16,20-21,24-25,29,31,33,35-36,38-40,45-46,48,52-58,64,83-85H,12,14,17-19,22-23,26-28,30,32,34,37H2,1-11H3,(H,69,80)(H,70,87)(H,74,81)(H,75,86)(H,76,91)(H,77,92)(H,89,90)/t39-,40+,45-,46-,48+,52-,53-,54-,55-,56+,57+,58-,64+/m0/s1. The molecule has 0 bridgehead atoms. The minimum Gasteiger partial charge on any atom is -0.479 e. The fourth-order valence-electron chi connectivity index (χ4n) is 11.8. The van der Waals surface area contributed by atoms with E-state index in [1.807, 2.05) is 55.8 Å². The summed E-state index contributed by atoms with van der Waals surface area (Å²) >= 11 is 2.81. The lowest BCUT2D eigenvalue weighted by molar-refractivity contribution is -0.271. The Hall–Kier alpha value is -7.91. The Kier molecular flexibility index (Phi) is 31.2. The molecule has 31 heteroatoms. The van der Waals surface area contributed by atoms with Gasteiger partial charge in [0.25, 0.3) is 5.91 Å². The number of likely N-dealkylation sites (tertiary alicyclic amines) is 1. The third kappa shape index (κ3) is 22.8. The fraction of sp³-hybridized carbons (Fsp3) is 0.588. The van der Waals surface area contributed by atoms with Crippen molar-refractivity contribution in [2.24, 2.45) is 17.8 Å². The molecule has 29 nitrogen and oxygen atoms in total. The van der Waals surface area contributed by atoms with E-state index in [0.29, 0.717) is 68.8 Å². The minimum absolute atomic E-state index is 0.0958. The lowest BCUT2D eigenvalue weighted by atomic mass is 9.89. The van der Waals surface area contributed by atoms with E-state index in [9.17, 15) is 63.6 Å². The number of hydrogen-bond donors (Lipinski definition) is 10. The lowest BCUT2D eigenvalue weighted by Gasteiger charge is -2.41. The summed E-state index contributed by atoms with van der Waals surface area (Å²) < 4.78 is 28.8. The number of aliphatic hydroxyl groups excluding tert-OH is 3. The molecule has 2 saturated heterocycles. The number of ether oxygens (including phenoxy) is 5.